The predicted molar refractivity (Wildman–Crippen MR) is 72.8 cm³/mol. The summed E-state index contributed by atoms with van der Waals surface area (Å²) < 4.78 is 4.91. The van der Waals surface area contributed by atoms with E-state index in [0.29, 0.717) is 13.0 Å². The third-order valence-electron chi connectivity index (χ3n) is 2.87. The third kappa shape index (κ3) is 4.25. The van der Waals surface area contributed by atoms with E-state index in [1.165, 1.54) is 5.56 Å². The molecule has 0 spiro atoms. The number of benzene rings is 1. The van der Waals surface area contributed by atoms with Gasteiger partial charge in [-0.05, 0) is 24.5 Å². The van der Waals surface area contributed by atoms with Gasteiger partial charge in [-0.3, -0.25) is 4.79 Å². The first-order chi connectivity index (χ1) is 9.28. The third-order valence-corrected chi connectivity index (χ3v) is 2.87. The van der Waals surface area contributed by atoms with Crippen molar-refractivity contribution >= 4 is 5.97 Å². The van der Waals surface area contributed by atoms with Gasteiger partial charge in [0.1, 0.15) is 5.82 Å². The lowest BCUT2D eigenvalue weighted by atomic mass is 10.1. The first-order valence-corrected chi connectivity index (χ1v) is 6.49. The van der Waals surface area contributed by atoms with Crippen LogP contribution in [0.25, 0.3) is 0 Å². The van der Waals surface area contributed by atoms with E-state index in [1.807, 2.05) is 13.1 Å². The molecule has 19 heavy (non-hydrogen) atoms. The van der Waals surface area contributed by atoms with E-state index in [4.69, 9.17) is 4.74 Å². The Bertz CT molecular complexity index is 503. The lowest BCUT2D eigenvalue weighted by Crippen LogP contribution is -2.05. The topological polar surface area (TPSA) is 55.0 Å². The van der Waals surface area contributed by atoms with Crippen molar-refractivity contribution in [3.8, 4) is 0 Å². The summed E-state index contributed by atoms with van der Waals surface area (Å²) in [5.74, 6) is 0.821. The first-order valence-electron chi connectivity index (χ1n) is 6.49. The summed E-state index contributed by atoms with van der Waals surface area (Å²) in [4.78, 5) is 18.5. The number of hydrogen-bond donors (Lipinski definition) is 1. The summed E-state index contributed by atoms with van der Waals surface area (Å²) in [6.07, 6.45) is 5.53. The average Bonchev–Trinajstić information content (AvgIpc) is 2.91. The minimum absolute atomic E-state index is 0.137. The molecule has 0 unspecified atom stereocenters. The van der Waals surface area contributed by atoms with E-state index in [0.717, 1.165) is 24.2 Å². The highest BCUT2D eigenvalue weighted by Gasteiger charge is 2.03. The Labute approximate surface area is 112 Å². The van der Waals surface area contributed by atoms with Crippen LogP contribution in [0.1, 0.15) is 30.3 Å². The van der Waals surface area contributed by atoms with Crippen molar-refractivity contribution in [1.82, 2.24) is 9.97 Å². The molecule has 0 aliphatic heterocycles. The molecule has 2 aromatic rings. The summed E-state index contributed by atoms with van der Waals surface area (Å²) in [5.41, 5.74) is 2.35. The van der Waals surface area contributed by atoms with E-state index >= 15 is 0 Å². The standard InChI is InChI=1S/C15H18N2O2/c1-2-19-15(18)8-7-12-3-5-13(6-4-12)11-14-16-9-10-17-14/h3-6,9-10H,2,7-8,11H2,1H3,(H,16,17). The molecule has 4 heteroatoms. The number of aromatic amines is 1. The molecule has 0 bridgehead atoms. The number of carbonyl (C=O) groups is 1. The van der Waals surface area contributed by atoms with Crippen molar-refractivity contribution in [1.29, 1.82) is 0 Å². The van der Waals surface area contributed by atoms with Gasteiger partial charge in [-0.15, -0.1) is 0 Å². The Morgan fingerprint density at radius 2 is 2.00 bits per heavy atom. The maximum Gasteiger partial charge on any atom is 0.306 e. The van der Waals surface area contributed by atoms with Gasteiger partial charge in [-0.2, -0.15) is 0 Å². The smallest absolute Gasteiger partial charge is 0.306 e. The van der Waals surface area contributed by atoms with Gasteiger partial charge in [-0.1, -0.05) is 24.3 Å². The minimum atomic E-state index is -0.137. The molecule has 100 valence electrons. The number of aromatic nitrogens is 2. The normalized spacial score (nSPS) is 10.4. The van der Waals surface area contributed by atoms with Gasteiger partial charge in [0.05, 0.1) is 6.61 Å². The van der Waals surface area contributed by atoms with Crippen LogP contribution < -0.4 is 0 Å². The van der Waals surface area contributed by atoms with Crippen LogP contribution in [0.15, 0.2) is 36.7 Å². The zero-order valence-corrected chi connectivity index (χ0v) is 11.1. The van der Waals surface area contributed by atoms with Crippen LogP contribution >= 0.6 is 0 Å². The van der Waals surface area contributed by atoms with Gasteiger partial charge in [0.2, 0.25) is 0 Å². The molecule has 0 aliphatic carbocycles. The minimum Gasteiger partial charge on any atom is -0.466 e. The van der Waals surface area contributed by atoms with E-state index < -0.39 is 0 Å². The molecule has 1 aromatic carbocycles. The van der Waals surface area contributed by atoms with E-state index in [2.05, 4.69) is 34.2 Å². The number of hydrogen-bond acceptors (Lipinski definition) is 3. The first kappa shape index (κ1) is 13.3. The van der Waals surface area contributed by atoms with Gasteiger partial charge in [-0.25, -0.2) is 4.98 Å². The summed E-state index contributed by atoms with van der Waals surface area (Å²) in [7, 11) is 0. The Hall–Kier alpha value is -2.10. The van der Waals surface area contributed by atoms with Crippen LogP contribution in [0.5, 0.6) is 0 Å². The summed E-state index contributed by atoms with van der Waals surface area (Å²) in [5, 5.41) is 0. The predicted octanol–water partition coefficient (Wildman–Crippen LogP) is 2.50. The Morgan fingerprint density at radius 1 is 1.26 bits per heavy atom. The number of nitrogens with one attached hydrogen (secondary N) is 1. The number of ether oxygens (including phenoxy) is 1. The molecule has 0 saturated carbocycles. The van der Waals surface area contributed by atoms with Crippen molar-refractivity contribution in [2.24, 2.45) is 0 Å². The second-order valence-corrected chi connectivity index (χ2v) is 4.33. The fourth-order valence-corrected chi connectivity index (χ4v) is 1.89. The molecule has 0 atom stereocenters. The maximum absolute atomic E-state index is 11.3. The number of rotatable bonds is 6. The molecule has 0 radical (unpaired) electrons. The number of H-pyrrole nitrogens is 1. The number of carbonyl (C=O) groups excluding carboxylic acids is 1. The summed E-state index contributed by atoms with van der Waals surface area (Å²) in [6.45, 7) is 2.27. The molecule has 0 aliphatic rings. The Balaban J connectivity index is 1.86. The molecule has 1 heterocycles. The van der Waals surface area contributed by atoms with Crippen LogP contribution in [0.4, 0.5) is 0 Å². The molecular formula is C15H18N2O2. The van der Waals surface area contributed by atoms with Crippen molar-refractivity contribution in [3.05, 3.63) is 53.6 Å². The molecule has 1 N–H and O–H groups in total. The molecule has 4 nitrogen and oxygen atoms in total. The molecule has 0 fully saturated rings. The van der Waals surface area contributed by atoms with Gasteiger partial charge in [0, 0.05) is 25.2 Å². The summed E-state index contributed by atoms with van der Waals surface area (Å²) in [6, 6.07) is 8.25. The lowest BCUT2D eigenvalue weighted by Gasteiger charge is -2.04. The molecule has 1 aromatic heterocycles. The van der Waals surface area contributed by atoms with Gasteiger partial charge in [0.15, 0.2) is 0 Å². The van der Waals surface area contributed by atoms with Gasteiger partial charge in [0.25, 0.3) is 0 Å². The zero-order valence-electron chi connectivity index (χ0n) is 11.1. The number of esters is 1. The van der Waals surface area contributed by atoms with Crippen LogP contribution in [-0.4, -0.2) is 22.5 Å². The Kier molecular flexibility index (Phi) is 4.72. The lowest BCUT2D eigenvalue weighted by molar-refractivity contribution is -0.143. The second kappa shape index (κ2) is 6.73. The van der Waals surface area contributed by atoms with Crippen molar-refractivity contribution < 1.29 is 9.53 Å². The highest BCUT2D eigenvalue weighted by Crippen LogP contribution is 2.10. The second-order valence-electron chi connectivity index (χ2n) is 4.33. The van der Waals surface area contributed by atoms with Crippen LogP contribution in [0.3, 0.4) is 0 Å². The highest BCUT2D eigenvalue weighted by molar-refractivity contribution is 5.69. The number of aryl methyl sites for hydroxylation is 1. The fourth-order valence-electron chi connectivity index (χ4n) is 1.89. The summed E-state index contributed by atoms with van der Waals surface area (Å²) >= 11 is 0. The molecule has 0 saturated heterocycles. The largest absolute Gasteiger partial charge is 0.466 e. The van der Waals surface area contributed by atoms with Crippen molar-refractivity contribution in [2.75, 3.05) is 6.61 Å². The Morgan fingerprint density at radius 3 is 2.63 bits per heavy atom. The highest BCUT2D eigenvalue weighted by atomic mass is 16.5. The fraction of sp³-hybridized carbons (Fsp3) is 0.333. The van der Waals surface area contributed by atoms with Crippen molar-refractivity contribution in [3.63, 3.8) is 0 Å². The van der Waals surface area contributed by atoms with Crippen LogP contribution in [0, 0.1) is 0 Å². The average molecular weight is 258 g/mol. The number of imidazole rings is 1. The van der Waals surface area contributed by atoms with Crippen LogP contribution in [0.2, 0.25) is 0 Å². The monoisotopic (exact) mass is 258 g/mol. The molecule has 0 amide bonds. The number of nitrogens with zero attached hydrogens (tertiary/aromatic N) is 1. The maximum atomic E-state index is 11.3. The molecular weight excluding hydrogens is 240 g/mol. The quantitative estimate of drug-likeness (QED) is 0.810. The van der Waals surface area contributed by atoms with Crippen molar-refractivity contribution in [2.45, 2.75) is 26.2 Å². The van der Waals surface area contributed by atoms with Gasteiger partial charge < -0.3 is 9.72 Å². The SMILES string of the molecule is CCOC(=O)CCc1ccc(Cc2ncc[nH]2)cc1. The van der Waals surface area contributed by atoms with E-state index in [9.17, 15) is 4.79 Å². The van der Waals surface area contributed by atoms with Gasteiger partial charge >= 0.3 is 5.97 Å². The molecule has 2 rings (SSSR count). The van der Waals surface area contributed by atoms with E-state index in [1.54, 1.807) is 6.20 Å². The van der Waals surface area contributed by atoms with Crippen LogP contribution in [-0.2, 0) is 22.4 Å². The zero-order chi connectivity index (χ0) is 13.5. The van der Waals surface area contributed by atoms with E-state index in [-0.39, 0.29) is 5.97 Å².